The first-order chi connectivity index (χ1) is 29.6. The molecule has 0 spiro atoms. The molecule has 5 heteroatoms. The molecule has 0 aliphatic heterocycles. The third-order valence-corrected chi connectivity index (χ3v) is 11.6. The van der Waals surface area contributed by atoms with Gasteiger partial charge in [0.15, 0.2) is 6.10 Å². The first-order valence-electron chi connectivity index (χ1n) is 26.5. The van der Waals surface area contributed by atoms with E-state index in [-0.39, 0.29) is 25.2 Å². The number of hydrogen-bond acceptors (Lipinski definition) is 5. The van der Waals surface area contributed by atoms with Crippen LogP contribution in [0.15, 0.2) is 36.5 Å². The van der Waals surface area contributed by atoms with Crippen molar-refractivity contribution in [3.8, 4) is 0 Å². The fraction of sp³-hybridized carbons (Fsp3) is 0.855. The van der Waals surface area contributed by atoms with Crippen molar-refractivity contribution in [2.24, 2.45) is 0 Å². The summed E-state index contributed by atoms with van der Waals surface area (Å²) in [6.07, 6.45) is 61.5. The van der Waals surface area contributed by atoms with Crippen LogP contribution in [-0.2, 0) is 23.8 Å². The summed E-state index contributed by atoms with van der Waals surface area (Å²) in [6.45, 7) is 7.80. The van der Waals surface area contributed by atoms with Gasteiger partial charge in [-0.15, -0.1) is 0 Å². The van der Waals surface area contributed by atoms with Crippen molar-refractivity contribution in [3.05, 3.63) is 36.5 Å². The lowest BCUT2D eigenvalue weighted by Gasteiger charge is -2.18. The molecule has 0 aliphatic rings. The molecule has 0 saturated carbocycles. The predicted octanol–water partition coefficient (Wildman–Crippen LogP) is 17.8. The average molecular weight is 843 g/mol. The van der Waals surface area contributed by atoms with Crippen molar-refractivity contribution in [1.82, 2.24) is 0 Å². The van der Waals surface area contributed by atoms with E-state index in [0.29, 0.717) is 19.4 Å². The van der Waals surface area contributed by atoms with Crippen molar-refractivity contribution in [2.45, 2.75) is 284 Å². The average Bonchev–Trinajstić information content (AvgIpc) is 3.25. The molecular weight excluding hydrogens is 741 g/mol. The predicted molar refractivity (Wildman–Crippen MR) is 261 cm³/mol. The lowest BCUT2D eigenvalue weighted by Crippen LogP contribution is -2.30. The molecule has 0 aliphatic carbocycles. The molecule has 0 aromatic rings. The zero-order valence-corrected chi connectivity index (χ0v) is 40.5. The minimum Gasteiger partial charge on any atom is -0.462 e. The van der Waals surface area contributed by atoms with E-state index in [9.17, 15) is 9.59 Å². The molecule has 1 unspecified atom stereocenters. The van der Waals surface area contributed by atoms with Gasteiger partial charge in [-0.25, -0.2) is 0 Å². The van der Waals surface area contributed by atoms with Crippen LogP contribution in [0.2, 0.25) is 0 Å². The molecule has 0 N–H and O–H groups in total. The van der Waals surface area contributed by atoms with Crippen LogP contribution >= 0.6 is 0 Å². The normalized spacial score (nSPS) is 12.4. The Bertz CT molecular complexity index is 955. The molecule has 0 radical (unpaired) electrons. The van der Waals surface area contributed by atoms with Crippen molar-refractivity contribution in [1.29, 1.82) is 0 Å². The van der Waals surface area contributed by atoms with Gasteiger partial charge < -0.3 is 14.2 Å². The standard InChI is InChI=1S/C55H102O5/c1-4-7-10-13-16-19-22-25-27-28-30-31-33-36-39-42-45-48-54(56)59-52-53(51-58-50-47-44-41-38-35-24-21-18-15-12-9-6-3)60-55(57)49-46-43-40-37-34-32-29-26-23-20-17-14-11-8-5-2/h15,18,25-27,29,53H,4-14,16-17,19-24,28,30-52H2,1-3H3/b18-15-,27-25-,29-26-. The topological polar surface area (TPSA) is 61.8 Å². The monoisotopic (exact) mass is 843 g/mol. The Balaban J connectivity index is 4.24. The number of hydrogen-bond donors (Lipinski definition) is 0. The first kappa shape index (κ1) is 58.1. The van der Waals surface area contributed by atoms with Gasteiger partial charge in [0.05, 0.1) is 6.61 Å². The van der Waals surface area contributed by atoms with Crippen LogP contribution in [0.4, 0.5) is 0 Å². The molecule has 0 saturated heterocycles. The molecule has 0 rings (SSSR count). The summed E-state index contributed by atoms with van der Waals surface area (Å²) >= 11 is 0. The molecule has 0 heterocycles. The smallest absolute Gasteiger partial charge is 0.306 e. The van der Waals surface area contributed by atoms with Crippen LogP contribution in [0.3, 0.4) is 0 Å². The lowest BCUT2D eigenvalue weighted by atomic mass is 10.1. The largest absolute Gasteiger partial charge is 0.462 e. The van der Waals surface area contributed by atoms with E-state index in [2.05, 4.69) is 57.2 Å². The summed E-state index contributed by atoms with van der Waals surface area (Å²) in [5.41, 5.74) is 0. The zero-order chi connectivity index (χ0) is 43.5. The van der Waals surface area contributed by atoms with Crippen LogP contribution in [0.5, 0.6) is 0 Å². The summed E-state index contributed by atoms with van der Waals surface area (Å²) in [5, 5.41) is 0. The molecule has 352 valence electrons. The van der Waals surface area contributed by atoms with Crippen molar-refractivity contribution >= 4 is 11.9 Å². The quantitative estimate of drug-likeness (QED) is 0.0347. The second kappa shape index (κ2) is 51.5. The number of ether oxygens (including phenoxy) is 3. The van der Waals surface area contributed by atoms with Crippen molar-refractivity contribution in [2.75, 3.05) is 19.8 Å². The first-order valence-corrected chi connectivity index (χ1v) is 26.5. The van der Waals surface area contributed by atoms with Gasteiger partial charge in [-0.2, -0.15) is 0 Å². The van der Waals surface area contributed by atoms with Gasteiger partial charge in [0.2, 0.25) is 0 Å². The molecule has 60 heavy (non-hydrogen) atoms. The summed E-state index contributed by atoms with van der Waals surface area (Å²) in [6, 6.07) is 0. The second-order valence-corrected chi connectivity index (χ2v) is 17.8. The number of esters is 2. The van der Waals surface area contributed by atoms with Gasteiger partial charge in [-0.05, 0) is 89.9 Å². The maximum atomic E-state index is 12.8. The lowest BCUT2D eigenvalue weighted by molar-refractivity contribution is -0.163. The summed E-state index contributed by atoms with van der Waals surface area (Å²) in [4.78, 5) is 25.4. The molecular formula is C55H102O5. The third kappa shape index (κ3) is 48.8. The van der Waals surface area contributed by atoms with Crippen molar-refractivity contribution in [3.63, 3.8) is 0 Å². The molecule has 1 atom stereocenters. The Morgan fingerprint density at radius 2 is 0.667 bits per heavy atom. The van der Waals surface area contributed by atoms with E-state index in [1.807, 2.05) is 0 Å². The van der Waals surface area contributed by atoms with E-state index in [1.165, 1.54) is 193 Å². The van der Waals surface area contributed by atoms with E-state index >= 15 is 0 Å². The summed E-state index contributed by atoms with van der Waals surface area (Å²) in [7, 11) is 0. The minimum absolute atomic E-state index is 0.0806. The van der Waals surface area contributed by atoms with Crippen molar-refractivity contribution < 1.29 is 23.8 Å². The van der Waals surface area contributed by atoms with Gasteiger partial charge >= 0.3 is 11.9 Å². The highest BCUT2D eigenvalue weighted by Crippen LogP contribution is 2.14. The second-order valence-electron chi connectivity index (χ2n) is 17.8. The maximum Gasteiger partial charge on any atom is 0.306 e. The van der Waals surface area contributed by atoms with E-state index in [0.717, 1.165) is 51.4 Å². The third-order valence-electron chi connectivity index (χ3n) is 11.6. The Morgan fingerprint density at radius 1 is 0.350 bits per heavy atom. The highest BCUT2D eigenvalue weighted by Gasteiger charge is 2.17. The highest BCUT2D eigenvalue weighted by atomic mass is 16.6. The van der Waals surface area contributed by atoms with Crippen LogP contribution in [0.1, 0.15) is 278 Å². The fourth-order valence-electron chi connectivity index (χ4n) is 7.60. The zero-order valence-electron chi connectivity index (χ0n) is 40.5. The van der Waals surface area contributed by atoms with Crippen LogP contribution < -0.4 is 0 Å². The Morgan fingerprint density at radius 3 is 1.07 bits per heavy atom. The molecule has 0 aromatic carbocycles. The van der Waals surface area contributed by atoms with Gasteiger partial charge in [0, 0.05) is 19.4 Å². The van der Waals surface area contributed by atoms with E-state index in [4.69, 9.17) is 14.2 Å². The van der Waals surface area contributed by atoms with Crippen LogP contribution in [-0.4, -0.2) is 37.9 Å². The summed E-state index contributed by atoms with van der Waals surface area (Å²) in [5.74, 6) is -0.404. The molecule has 0 bridgehead atoms. The van der Waals surface area contributed by atoms with Gasteiger partial charge in [0.25, 0.3) is 0 Å². The molecule has 0 fully saturated rings. The SMILES string of the molecule is CCCC/C=C\CCCCCCCCOCC(COC(=O)CCCCCCCCC/C=C\CCCCCCCC)OC(=O)CCCCCCC/C=C\CCCCCCCC. The molecule has 5 nitrogen and oxygen atoms in total. The number of carbonyl (C=O) groups excluding carboxylic acids is 2. The molecule has 0 aromatic heterocycles. The number of allylic oxidation sites excluding steroid dienone is 6. The maximum absolute atomic E-state index is 12.8. The number of carbonyl (C=O) groups is 2. The Labute approximate surface area is 374 Å². The highest BCUT2D eigenvalue weighted by molar-refractivity contribution is 5.70. The van der Waals surface area contributed by atoms with E-state index < -0.39 is 6.10 Å². The van der Waals surface area contributed by atoms with E-state index in [1.54, 1.807) is 0 Å². The number of rotatable bonds is 49. The van der Waals surface area contributed by atoms with Gasteiger partial charge in [0.1, 0.15) is 6.61 Å². The summed E-state index contributed by atoms with van der Waals surface area (Å²) < 4.78 is 17.4. The Kier molecular flexibility index (Phi) is 49.9. The van der Waals surface area contributed by atoms with Gasteiger partial charge in [-0.1, -0.05) is 211 Å². The Hall–Kier alpha value is -1.88. The minimum atomic E-state index is -0.541. The van der Waals surface area contributed by atoms with Crippen LogP contribution in [0, 0.1) is 0 Å². The van der Waals surface area contributed by atoms with Crippen LogP contribution in [0.25, 0.3) is 0 Å². The molecule has 0 amide bonds. The fourth-order valence-corrected chi connectivity index (χ4v) is 7.60. The van der Waals surface area contributed by atoms with Gasteiger partial charge in [-0.3, -0.25) is 9.59 Å². The number of unbranched alkanes of at least 4 members (excludes halogenated alkanes) is 32.